The number of hydrogen-bond donors (Lipinski definition) is 3. The van der Waals surface area contributed by atoms with Crippen molar-refractivity contribution in [1.82, 2.24) is 0 Å². The Balaban J connectivity index is 5.24. The molecule has 0 aromatic rings. The van der Waals surface area contributed by atoms with Crippen LogP contribution in [0.15, 0.2) is 0 Å². The summed E-state index contributed by atoms with van der Waals surface area (Å²) in [5.41, 5.74) is 0. The van der Waals surface area contributed by atoms with E-state index in [-0.39, 0.29) is 25.7 Å². The maximum atomic E-state index is 13.1. The van der Waals surface area contributed by atoms with Crippen molar-refractivity contribution in [3.05, 3.63) is 0 Å². The van der Waals surface area contributed by atoms with E-state index in [1.54, 1.807) is 0 Å². The fraction of sp³-hybridized carbons (Fsp3) is 0.947. The van der Waals surface area contributed by atoms with E-state index < -0.39 is 97.5 Å². The van der Waals surface area contributed by atoms with Crippen LogP contribution in [0.25, 0.3) is 0 Å². The molecule has 0 aliphatic heterocycles. The van der Waals surface area contributed by atoms with Gasteiger partial charge in [-0.25, -0.2) is 9.13 Å². The number of phosphoric ester groups is 2. The van der Waals surface area contributed by atoms with Crippen LogP contribution in [-0.4, -0.2) is 96.7 Å². The molecule has 0 spiro atoms. The molecule has 17 nitrogen and oxygen atoms in total. The lowest BCUT2D eigenvalue weighted by Gasteiger charge is -2.21. The van der Waals surface area contributed by atoms with E-state index in [0.717, 1.165) is 114 Å². The van der Waals surface area contributed by atoms with Crippen molar-refractivity contribution in [1.29, 1.82) is 0 Å². The minimum Gasteiger partial charge on any atom is -0.462 e. The molecule has 6 atom stereocenters. The molecule has 0 saturated carbocycles. The number of carbonyl (C=O) groups excluding carboxylic acids is 4. The van der Waals surface area contributed by atoms with Gasteiger partial charge < -0.3 is 33.8 Å². The van der Waals surface area contributed by atoms with Gasteiger partial charge >= 0.3 is 39.5 Å². The Bertz CT molecular complexity index is 1850. The molecule has 0 rings (SSSR count). The first-order valence-electron chi connectivity index (χ1n) is 39.4. The molecular formula is C76H148O17P2. The van der Waals surface area contributed by atoms with E-state index >= 15 is 0 Å². The Kier molecular flexibility index (Phi) is 65.2. The molecule has 0 aliphatic carbocycles. The summed E-state index contributed by atoms with van der Waals surface area (Å²) in [6.45, 7) is 11.8. The van der Waals surface area contributed by atoms with Gasteiger partial charge in [0.05, 0.1) is 26.4 Å². The second kappa shape index (κ2) is 66.6. The van der Waals surface area contributed by atoms with Gasteiger partial charge in [0.2, 0.25) is 0 Å². The topological polar surface area (TPSA) is 237 Å². The molecular weight excluding hydrogens is 1250 g/mol. The number of aliphatic hydroxyl groups is 1. The SMILES string of the molecule is CCCCCCCCCCCCCCCCCCC(=O)OC[C@H](COP(=O)(O)OC[C@@H](O)COP(=O)(O)OC[C@@H](COC(=O)CCCCCCCCC(C)CC)OC(=O)CCCCCCCCCCC(C)C)OC(=O)CCCCCCCCCCCCCCCCCC(C)C. The van der Waals surface area contributed by atoms with Gasteiger partial charge in [-0.3, -0.25) is 37.3 Å². The number of carbonyl (C=O) groups is 4. The zero-order chi connectivity index (χ0) is 70.1. The summed E-state index contributed by atoms with van der Waals surface area (Å²) in [5, 5.41) is 10.6. The lowest BCUT2D eigenvalue weighted by Crippen LogP contribution is -2.30. The van der Waals surface area contributed by atoms with Crippen molar-refractivity contribution >= 4 is 39.5 Å². The van der Waals surface area contributed by atoms with E-state index in [9.17, 15) is 43.2 Å². The van der Waals surface area contributed by atoms with Crippen LogP contribution in [-0.2, 0) is 65.4 Å². The molecule has 3 N–H and O–H groups in total. The van der Waals surface area contributed by atoms with Crippen molar-refractivity contribution in [3.8, 4) is 0 Å². The Hall–Kier alpha value is -1.94. The van der Waals surface area contributed by atoms with Crippen LogP contribution in [0.1, 0.15) is 389 Å². The summed E-state index contributed by atoms with van der Waals surface area (Å²) < 4.78 is 68.5. The summed E-state index contributed by atoms with van der Waals surface area (Å²) in [4.78, 5) is 72.8. The molecule has 0 bridgehead atoms. The van der Waals surface area contributed by atoms with Crippen LogP contribution in [0.4, 0.5) is 0 Å². The van der Waals surface area contributed by atoms with Crippen LogP contribution in [0.2, 0.25) is 0 Å². The number of unbranched alkanes of at least 4 members (excludes halogenated alkanes) is 41. The van der Waals surface area contributed by atoms with Crippen LogP contribution in [0.5, 0.6) is 0 Å². The first-order valence-corrected chi connectivity index (χ1v) is 42.4. The van der Waals surface area contributed by atoms with Crippen molar-refractivity contribution in [2.24, 2.45) is 17.8 Å². The zero-order valence-electron chi connectivity index (χ0n) is 62.1. The highest BCUT2D eigenvalue weighted by molar-refractivity contribution is 7.47. The third-order valence-corrected chi connectivity index (χ3v) is 19.9. The van der Waals surface area contributed by atoms with Crippen LogP contribution in [0.3, 0.4) is 0 Å². The second-order valence-electron chi connectivity index (χ2n) is 28.6. The summed E-state index contributed by atoms with van der Waals surface area (Å²) in [5.74, 6) is 0.132. The maximum absolute atomic E-state index is 13.1. The quantitative estimate of drug-likeness (QED) is 0.0222. The fourth-order valence-corrected chi connectivity index (χ4v) is 13.1. The molecule has 564 valence electrons. The average molecular weight is 1400 g/mol. The van der Waals surface area contributed by atoms with Crippen LogP contribution in [0, 0.1) is 17.8 Å². The number of phosphoric acid groups is 2. The highest BCUT2D eigenvalue weighted by atomic mass is 31.2. The first kappa shape index (κ1) is 93.1. The largest absolute Gasteiger partial charge is 0.472 e. The van der Waals surface area contributed by atoms with Crippen molar-refractivity contribution in [2.75, 3.05) is 39.6 Å². The molecule has 0 aliphatic rings. The van der Waals surface area contributed by atoms with Crippen molar-refractivity contribution in [2.45, 2.75) is 407 Å². The van der Waals surface area contributed by atoms with Gasteiger partial charge in [-0.05, 0) is 43.4 Å². The minimum atomic E-state index is -4.96. The molecule has 3 unspecified atom stereocenters. The highest BCUT2D eigenvalue weighted by Crippen LogP contribution is 2.45. The fourth-order valence-electron chi connectivity index (χ4n) is 11.6. The van der Waals surface area contributed by atoms with E-state index in [4.69, 9.17) is 37.0 Å². The lowest BCUT2D eigenvalue weighted by molar-refractivity contribution is -0.161. The molecule has 0 heterocycles. The van der Waals surface area contributed by atoms with Crippen LogP contribution >= 0.6 is 15.6 Å². The van der Waals surface area contributed by atoms with E-state index in [2.05, 4.69) is 48.5 Å². The van der Waals surface area contributed by atoms with Gasteiger partial charge in [-0.1, -0.05) is 337 Å². The van der Waals surface area contributed by atoms with Crippen LogP contribution < -0.4 is 0 Å². The lowest BCUT2D eigenvalue weighted by atomic mass is 10.00. The summed E-state index contributed by atoms with van der Waals surface area (Å²) in [6.07, 6.45) is 52.8. The molecule has 0 aromatic heterocycles. The smallest absolute Gasteiger partial charge is 0.462 e. The monoisotopic (exact) mass is 1400 g/mol. The molecule has 0 aromatic carbocycles. The Morgan fingerprint density at radius 1 is 0.305 bits per heavy atom. The Morgan fingerprint density at radius 3 is 0.800 bits per heavy atom. The second-order valence-corrected chi connectivity index (χ2v) is 31.5. The molecule has 0 radical (unpaired) electrons. The first-order chi connectivity index (χ1) is 45.8. The van der Waals surface area contributed by atoms with E-state index in [0.29, 0.717) is 25.7 Å². The van der Waals surface area contributed by atoms with Gasteiger partial charge in [0.1, 0.15) is 19.3 Å². The van der Waals surface area contributed by atoms with Crippen molar-refractivity contribution in [3.63, 3.8) is 0 Å². The number of rotatable bonds is 74. The van der Waals surface area contributed by atoms with E-state index in [1.165, 1.54) is 193 Å². The predicted octanol–water partition coefficient (Wildman–Crippen LogP) is 22.2. The molecule has 95 heavy (non-hydrogen) atoms. The van der Waals surface area contributed by atoms with E-state index in [1.807, 2.05) is 0 Å². The minimum absolute atomic E-state index is 0.104. The number of aliphatic hydroxyl groups excluding tert-OH is 1. The molecule has 0 saturated heterocycles. The molecule has 0 fully saturated rings. The summed E-state index contributed by atoms with van der Waals surface area (Å²) in [7, 11) is -9.91. The van der Waals surface area contributed by atoms with Gasteiger partial charge in [0, 0.05) is 25.7 Å². The molecule has 19 heteroatoms. The number of ether oxygens (including phenoxy) is 4. The maximum Gasteiger partial charge on any atom is 0.472 e. The Labute approximate surface area is 581 Å². The van der Waals surface area contributed by atoms with Gasteiger partial charge in [-0.2, -0.15) is 0 Å². The highest BCUT2D eigenvalue weighted by Gasteiger charge is 2.30. The standard InChI is InChI=1S/C76H148O17P2/c1-8-10-11-12-13-14-15-16-17-20-23-26-29-35-43-50-57-73(78)86-63-71(92-75(80)59-52-45-36-30-27-24-21-18-19-22-25-28-33-40-47-54-67(3)4)65-90-94(82,83)88-61-70(77)62-89-95(84,85)91-66-72(64-87-74(79)58-51-44-39-38-42-49-56-69(7)9-2)93-76(81)60-53-46-37-32-31-34-41-48-55-68(5)6/h67-72,77H,8-66H2,1-7H3,(H,82,83)(H,84,85)/t69?,70-,71-,72-/m1/s1. The van der Waals surface area contributed by atoms with Crippen molar-refractivity contribution < 1.29 is 80.2 Å². The zero-order valence-corrected chi connectivity index (χ0v) is 63.9. The third kappa shape index (κ3) is 69.0. The van der Waals surface area contributed by atoms with Gasteiger partial charge in [0.15, 0.2) is 12.2 Å². The Morgan fingerprint density at radius 2 is 0.537 bits per heavy atom. The van der Waals surface area contributed by atoms with Gasteiger partial charge in [0.25, 0.3) is 0 Å². The molecule has 0 amide bonds. The average Bonchev–Trinajstić information content (AvgIpc) is 1.46. The normalized spacial score (nSPS) is 14.4. The third-order valence-electron chi connectivity index (χ3n) is 18.0. The summed E-state index contributed by atoms with van der Waals surface area (Å²) in [6, 6.07) is 0. The summed E-state index contributed by atoms with van der Waals surface area (Å²) >= 11 is 0. The van der Waals surface area contributed by atoms with Gasteiger partial charge in [-0.15, -0.1) is 0 Å². The predicted molar refractivity (Wildman–Crippen MR) is 386 cm³/mol. The number of esters is 4. The number of hydrogen-bond acceptors (Lipinski definition) is 15.